The number of rotatable bonds is 9. The molecule has 0 aromatic carbocycles. The van der Waals surface area contributed by atoms with Crippen LogP contribution in [0.3, 0.4) is 0 Å². The lowest BCUT2D eigenvalue weighted by Gasteiger charge is -2.22. The molecule has 0 N–H and O–H groups in total. The molecule has 0 bridgehead atoms. The second-order valence-corrected chi connectivity index (χ2v) is 6.44. The van der Waals surface area contributed by atoms with E-state index < -0.39 is 10.0 Å². The number of ether oxygens (including phenoxy) is 1. The van der Waals surface area contributed by atoms with Gasteiger partial charge < -0.3 is 9.64 Å². The summed E-state index contributed by atoms with van der Waals surface area (Å²) in [5, 5.41) is 0. The zero-order valence-electron chi connectivity index (χ0n) is 11.1. The van der Waals surface area contributed by atoms with E-state index in [1.165, 1.54) is 12.0 Å². The number of carbonyl (C=O) groups is 1. The van der Waals surface area contributed by atoms with Crippen LogP contribution in [0.5, 0.6) is 0 Å². The molecule has 8 heteroatoms. The summed E-state index contributed by atoms with van der Waals surface area (Å²) in [4.78, 5) is 12.9. The van der Waals surface area contributed by atoms with E-state index in [4.69, 9.17) is 16.3 Å². The van der Waals surface area contributed by atoms with Crippen molar-refractivity contribution < 1.29 is 17.9 Å². The van der Waals surface area contributed by atoms with Crippen molar-refractivity contribution in [1.29, 1.82) is 0 Å². The molecule has 0 aliphatic heterocycles. The van der Waals surface area contributed by atoms with Crippen LogP contribution in [0.25, 0.3) is 0 Å². The van der Waals surface area contributed by atoms with Crippen LogP contribution in [0.2, 0.25) is 0 Å². The number of nitrogens with zero attached hydrogens (tertiary/aromatic N) is 2. The molecule has 0 aromatic heterocycles. The summed E-state index contributed by atoms with van der Waals surface area (Å²) >= 11 is 5.49. The van der Waals surface area contributed by atoms with Gasteiger partial charge in [0.2, 0.25) is 15.9 Å². The minimum Gasteiger partial charge on any atom is -0.383 e. The molecule has 0 radical (unpaired) electrons. The van der Waals surface area contributed by atoms with E-state index in [9.17, 15) is 13.2 Å². The summed E-state index contributed by atoms with van der Waals surface area (Å²) in [5.41, 5.74) is 0. The number of halogens is 1. The average molecular weight is 301 g/mol. The van der Waals surface area contributed by atoms with Crippen LogP contribution in [0.15, 0.2) is 0 Å². The first-order valence-corrected chi connectivity index (χ1v) is 7.72. The number of hydrogen-bond donors (Lipinski definition) is 0. The number of methoxy groups -OCH3 is 1. The molecule has 0 heterocycles. The van der Waals surface area contributed by atoms with E-state index in [-0.39, 0.29) is 37.2 Å². The van der Waals surface area contributed by atoms with Crippen LogP contribution < -0.4 is 0 Å². The van der Waals surface area contributed by atoms with Crippen molar-refractivity contribution in [2.75, 3.05) is 52.5 Å². The normalized spacial score (nSPS) is 11.8. The first kappa shape index (κ1) is 17.6. The molecule has 0 fully saturated rings. The van der Waals surface area contributed by atoms with Crippen molar-refractivity contribution in [2.24, 2.45) is 0 Å². The Morgan fingerprint density at radius 3 is 2.39 bits per heavy atom. The first-order chi connectivity index (χ1) is 8.35. The van der Waals surface area contributed by atoms with Crippen molar-refractivity contribution in [3.05, 3.63) is 0 Å². The highest BCUT2D eigenvalue weighted by Crippen LogP contribution is 2.05. The smallest absolute Gasteiger partial charge is 0.237 e. The molecular weight excluding hydrogens is 280 g/mol. The summed E-state index contributed by atoms with van der Waals surface area (Å²) < 4.78 is 30.0. The van der Waals surface area contributed by atoms with E-state index in [0.717, 1.165) is 4.31 Å². The second kappa shape index (κ2) is 8.68. The largest absolute Gasteiger partial charge is 0.383 e. The maximum atomic E-state index is 12.0. The summed E-state index contributed by atoms with van der Waals surface area (Å²) in [6.45, 7) is 0.252. The van der Waals surface area contributed by atoms with Gasteiger partial charge in [0.15, 0.2) is 0 Å². The van der Waals surface area contributed by atoms with Gasteiger partial charge in [-0.25, -0.2) is 8.42 Å². The average Bonchev–Trinajstić information content (AvgIpc) is 2.31. The number of carbonyl (C=O) groups excluding carboxylic acids is 1. The lowest BCUT2D eigenvalue weighted by Crippen LogP contribution is -2.42. The molecule has 0 aliphatic rings. The van der Waals surface area contributed by atoms with Crippen LogP contribution in [-0.2, 0) is 19.6 Å². The molecule has 6 nitrogen and oxygen atoms in total. The Labute approximate surface area is 114 Å². The van der Waals surface area contributed by atoms with E-state index in [0.29, 0.717) is 6.42 Å². The summed E-state index contributed by atoms with van der Waals surface area (Å²) in [6, 6.07) is 0. The van der Waals surface area contributed by atoms with Crippen LogP contribution in [-0.4, -0.2) is 76.1 Å². The van der Waals surface area contributed by atoms with Crippen molar-refractivity contribution in [3.63, 3.8) is 0 Å². The van der Waals surface area contributed by atoms with Crippen molar-refractivity contribution in [1.82, 2.24) is 9.21 Å². The standard InChI is InChI=1S/C10H21ClN2O4S/c1-12(2)10(14)9-13(6-7-17-3)18(15,16)8-4-5-11/h4-9H2,1-3H3. The van der Waals surface area contributed by atoms with Gasteiger partial charge in [-0.15, -0.1) is 11.6 Å². The third kappa shape index (κ3) is 6.53. The Kier molecular flexibility index (Phi) is 8.51. The number of alkyl halides is 1. The highest BCUT2D eigenvalue weighted by molar-refractivity contribution is 7.89. The summed E-state index contributed by atoms with van der Waals surface area (Å²) in [5.74, 6) is -0.0413. The lowest BCUT2D eigenvalue weighted by molar-refractivity contribution is -0.128. The maximum Gasteiger partial charge on any atom is 0.237 e. The minimum absolute atomic E-state index is 0.0546. The SMILES string of the molecule is COCCN(CC(=O)N(C)C)S(=O)(=O)CCCCl. The van der Waals surface area contributed by atoms with E-state index >= 15 is 0 Å². The Balaban J connectivity index is 4.70. The molecule has 0 unspecified atom stereocenters. The Morgan fingerprint density at radius 1 is 1.33 bits per heavy atom. The molecule has 0 aromatic rings. The van der Waals surface area contributed by atoms with Crippen LogP contribution in [0.4, 0.5) is 0 Å². The second-order valence-electron chi connectivity index (χ2n) is 3.97. The monoisotopic (exact) mass is 300 g/mol. The van der Waals surface area contributed by atoms with Gasteiger partial charge in [-0.3, -0.25) is 4.79 Å². The van der Waals surface area contributed by atoms with E-state index in [2.05, 4.69) is 0 Å². The highest BCUT2D eigenvalue weighted by Gasteiger charge is 2.24. The van der Waals surface area contributed by atoms with Crippen LogP contribution in [0, 0.1) is 0 Å². The summed E-state index contributed by atoms with van der Waals surface area (Å²) in [6.07, 6.45) is 0.365. The van der Waals surface area contributed by atoms with Gasteiger partial charge in [0.05, 0.1) is 18.9 Å². The molecule has 0 aliphatic carbocycles. The Hall–Kier alpha value is -0.370. The number of hydrogen-bond acceptors (Lipinski definition) is 4. The van der Waals surface area contributed by atoms with E-state index in [1.807, 2.05) is 0 Å². The fourth-order valence-corrected chi connectivity index (χ4v) is 2.89. The maximum absolute atomic E-state index is 12.0. The van der Waals surface area contributed by atoms with Gasteiger partial charge >= 0.3 is 0 Å². The molecule has 1 amide bonds. The van der Waals surface area contributed by atoms with Crippen molar-refractivity contribution in [2.45, 2.75) is 6.42 Å². The van der Waals surface area contributed by atoms with Gasteiger partial charge in [0.25, 0.3) is 0 Å². The minimum atomic E-state index is -3.46. The fraction of sp³-hybridized carbons (Fsp3) is 0.900. The molecule has 18 heavy (non-hydrogen) atoms. The number of amides is 1. The lowest BCUT2D eigenvalue weighted by atomic mass is 10.5. The molecule has 0 saturated heterocycles. The predicted octanol–water partition coefficient (Wildman–Crippen LogP) is -0.0183. The number of sulfonamides is 1. The third-order valence-electron chi connectivity index (χ3n) is 2.28. The quantitative estimate of drug-likeness (QED) is 0.561. The zero-order chi connectivity index (χ0) is 14.2. The molecule has 0 spiro atoms. The van der Waals surface area contributed by atoms with Gasteiger partial charge in [-0.1, -0.05) is 0 Å². The van der Waals surface area contributed by atoms with E-state index in [1.54, 1.807) is 14.1 Å². The van der Waals surface area contributed by atoms with Crippen molar-refractivity contribution >= 4 is 27.5 Å². The van der Waals surface area contributed by atoms with Gasteiger partial charge in [0, 0.05) is 33.6 Å². The molecule has 0 rings (SSSR count). The topological polar surface area (TPSA) is 66.9 Å². The van der Waals surface area contributed by atoms with Crippen LogP contribution in [0.1, 0.15) is 6.42 Å². The fourth-order valence-electron chi connectivity index (χ4n) is 1.17. The number of likely N-dealkylation sites (N-methyl/N-ethyl adjacent to an activating group) is 1. The van der Waals surface area contributed by atoms with Crippen LogP contribution >= 0.6 is 11.6 Å². The summed E-state index contributed by atoms with van der Waals surface area (Å²) in [7, 11) is 1.19. The zero-order valence-corrected chi connectivity index (χ0v) is 12.6. The predicted molar refractivity (Wildman–Crippen MR) is 71.3 cm³/mol. The van der Waals surface area contributed by atoms with Gasteiger partial charge in [-0.05, 0) is 6.42 Å². The highest BCUT2D eigenvalue weighted by atomic mass is 35.5. The van der Waals surface area contributed by atoms with Gasteiger partial charge in [-0.2, -0.15) is 4.31 Å². The first-order valence-electron chi connectivity index (χ1n) is 5.58. The molecule has 0 saturated carbocycles. The Morgan fingerprint density at radius 2 is 1.94 bits per heavy atom. The van der Waals surface area contributed by atoms with Crippen molar-refractivity contribution in [3.8, 4) is 0 Å². The molecule has 0 atom stereocenters. The molecular formula is C10H21ClN2O4S. The third-order valence-corrected chi connectivity index (χ3v) is 4.45. The Bertz CT molecular complexity index is 346. The molecule has 108 valence electrons. The van der Waals surface area contributed by atoms with Gasteiger partial charge in [0.1, 0.15) is 0 Å².